The average molecular weight is 188 g/mol. The highest BCUT2D eigenvalue weighted by atomic mass is 16.6. The van der Waals surface area contributed by atoms with Crippen molar-refractivity contribution in [2.75, 3.05) is 13.7 Å². The Morgan fingerprint density at radius 2 is 1.92 bits per heavy atom. The molecule has 0 aliphatic rings. The highest BCUT2D eigenvalue weighted by molar-refractivity contribution is 5.74. The largest absolute Gasteiger partial charge is 0.467 e. The van der Waals surface area contributed by atoms with E-state index in [0.717, 1.165) is 12.8 Å². The van der Waals surface area contributed by atoms with Crippen LogP contribution in [0, 0.1) is 5.92 Å². The summed E-state index contributed by atoms with van der Waals surface area (Å²) >= 11 is 0. The first kappa shape index (κ1) is 12.4. The number of hydrogen-bond acceptors (Lipinski definition) is 3. The van der Waals surface area contributed by atoms with Crippen molar-refractivity contribution in [3.05, 3.63) is 0 Å². The summed E-state index contributed by atoms with van der Waals surface area (Å²) in [6.45, 7) is 6.68. The first-order chi connectivity index (χ1) is 6.11. The van der Waals surface area contributed by atoms with Gasteiger partial charge in [0.15, 0.2) is 6.10 Å². The number of ether oxygens (including phenoxy) is 2. The van der Waals surface area contributed by atoms with Crippen LogP contribution in [0.25, 0.3) is 0 Å². The van der Waals surface area contributed by atoms with Crippen LogP contribution in [-0.4, -0.2) is 25.8 Å². The number of carbonyl (C=O) groups excluding carboxylic acids is 1. The third-order valence-corrected chi connectivity index (χ3v) is 1.84. The topological polar surface area (TPSA) is 35.5 Å². The summed E-state index contributed by atoms with van der Waals surface area (Å²) in [4.78, 5) is 11.2. The van der Waals surface area contributed by atoms with E-state index >= 15 is 0 Å². The van der Waals surface area contributed by atoms with E-state index in [9.17, 15) is 4.79 Å². The Kier molecular flexibility index (Phi) is 6.59. The van der Waals surface area contributed by atoms with Gasteiger partial charge in [0.2, 0.25) is 0 Å². The summed E-state index contributed by atoms with van der Waals surface area (Å²) in [5, 5.41) is 0. The van der Waals surface area contributed by atoms with Crippen molar-refractivity contribution in [1.82, 2.24) is 0 Å². The highest BCUT2D eigenvalue weighted by Gasteiger charge is 2.18. The molecule has 0 aromatic rings. The quantitative estimate of drug-likeness (QED) is 0.598. The van der Waals surface area contributed by atoms with Gasteiger partial charge in [-0.2, -0.15) is 0 Å². The second-order valence-corrected chi connectivity index (χ2v) is 3.44. The molecule has 0 aromatic carbocycles. The summed E-state index contributed by atoms with van der Waals surface area (Å²) in [6.07, 6.45) is 1.36. The lowest BCUT2D eigenvalue weighted by atomic mass is 10.1. The van der Waals surface area contributed by atoms with Crippen molar-refractivity contribution in [1.29, 1.82) is 0 Å². The highest BCUT2D eigenvalue weighted by Crippen LogP contribution is 2.10. The third-order valence-electron chi connectivity index (χ3n) is 1.84. The Balaban J connectivity index is 3.86. The van der Waals surface area contributed by atoms with Gasteiger partial charge in [-0.1, -0.05) is 13.8 Å². The fourth-order valence-corrected chi connectivity index (χ4v) is 1.09. The minimum atomic E-state index is -0.377. The van der Waals surface area contributed by atoms with Gasteiger partial charge in [0.1, 0.15) is 0 Å². The van der Waals surface area contributed by atoms with Gasteiger partial charge in [0, 0.05) is 6.61 Å². The van der Waals surface area contributed by atoms with Crippen LogP contribution in [0.4, 0.5) is 0 Å². The van der Waals surface area contributed by atoms with Crippen LogP contribution in [0.15, 0.2) is 0 Å². The molecule has 3 nitrogen and oxygen atoms in total. The second-order valence-electron chi connectivity index (χ2n) is 3.44. The van der Waals surface area contributed by atoms with Crippen molar-refractivity contribution >= 4 is 5.97 Å². The maximum atomic E-state index is 11.2. The maximum absolute atomic E-state index is 11.2. The molecule has 0 heterocycles. The fraction of sp³-hybridized carbons (Fsp3) is 0.900. The fourth-order valence-electron chi connectivity index (χ4n) is 1.09. The molecule has 0 aliphatic carbocycles. The molecule has 1 unspecified atom stereocenters. The van der Waals surface area contributed by atoms with E-state index in [0.29, 0.717) is 12.5 Å². The molecule has 0 amide bonds. The predicted molar refractivity (Wildman–Crippen MR) is 51.5 cm³/mol. The monoisotopic (exact) mass is 188 g/mol. The van der Waals surface area contributed by atoms with Gasteiger partial charge in [-0.25, -0.2) is 4.79 Å². The first-order valence-electron chi connectivity index (χ1n) is 4.81. The van der Waals surface area contributed by atoms with Crippen molar-refractivity contribution in [2.45, 2.75) is 39.7 Å². The van der Waals surface area contributed by atoms with Crippen molar-refractivity contribution in [3.63, 3.8) is 0 Å². The summed E-state index contributed by atoms with van der Waals surface area (Å²) in [5.41, 5.74) is 0. The van der Waals surface area contributed by atoms with Crippen LogP contribution in [0.3, 0.4) is 0 Å². The zero-order chi connectivity index (χ0) is 10.3. The molecule has 0 aromatic heterocycles. The Hall–Kier alpha value is -0.570. The molecule has 78 valence electrons. The average Bonchev–Trinajstić information content (AvgIpc) is 2.10. The van der Waals surface area contributed by atoms with Gasteiger partial charge in [-0.05, 0) is 25.7 Å². The van der Waals surface area contributed by atoms with E-state index in [4.69, 9.17) is 4.74 Å². The SMILES string of the molecule is CCOC(CCC(C)C)C(=O)OC. The van der Waals surface area contributed by atoms with E-state index in [2.05, 4.69) is 18.6 Å². The first-order valence-corrected chi connectivity index (χ1v) is 4.81. The lowest BCUT2D eigenvalue weighted by Crippen LogP contribution is -2.26. The normalized spacial score (nSPS) is 13.0. The minimum absolute atomic E-state index is 0.262. The Bertz CT molecular complexity index is 143. The molecule has 0 rings (SSSR count). The lowest BCUT2D eigenvalue weighted by molar-refractivity contribution is -0.154. The van der Waals surface area contributed by atoms with E-state index < -0.39 is 0 Å². The smallest absolute Gasteiger partial charge is 0.334 e. The second kappa shape index (κ2) is 6.89. The van der Waals surface area contributed by atoms with Gasteiger partial charge < -0.3 is 9.47 Å². The molecule has 0 aliphatic heterocycles. The molecular weight excluding hydrogens is 168 g/mol. The summed E-state index contributed by atoms with van der Waals surface area (Å²) in [7, 11) is 1.39. The van der Waals surface area contributed by atoms with Gasteiger partial charge in [0.25, 0.3) is 0 Å². The number of hydrogen-bond donors (Lipinski definition) is 0. The van der Waals surface area contributed by atoms with Crippen molar-refractivity contribution < 1.29 is 14.3 Å². The Morgan fingerprint density at radius 1 is 1.31 bits per heavy atom. The van der Waals surface area contributed by atoms with E-state index in [1.54, 1.807) is 0 Å². The molecule has 0 N–H and O–H groups in total. The third kappa shape index (κ3) is 5.64. The molecule has 0 spiro atoms. The molecule has 0 fully saturated rings. The molecule has 0 radical (unpaired) electrons. The molecule has 13 heavy (non-hydrogen) atoms. The standard InChI is InChI=1S/C10H20O3/c1-5-13-9(10(11)12-4)7-6-8(2)3/h8-9H,5-7H2,1-4H3. The van der Waals surface area contributed by atoms with Gasteiger partial charge >= 0.3 is 5.97 Å². The minimum Gasteiger partial charge on any atom is -0.467 e. The predicted octanol–water partition coefficient (Wildman–Crippen LogP) is 2.00. The van der Waals surface area contributed by atoms with Gasteiger partial charge in [-0.3, -0.25) is 0 Å². The Morgan fingerprint density at radius 3 is 2.31 bits per heavy atom. The van der Waals surface area contributed by atoms with Crippen LogP contribution < -0.4 is 0 Å². The van der Waals surface area contributed by atoms with E-state index in [1.165, 1.54) is 7.11 Å². The maximum Gasteiger partial charge on any atom is 0.334 e. The zero-order valence-corrected chi connectivity index (χ0v) is 9.00. The van der Waals surface area contributed by atoms with Crippen molar-refractivity contribution in [3.8, 4) is 0 Å². The van der Waals surface area contributed by atoms with Gasteiger partial charge in [-0.15, -0.1) is 0 Å². The summed E-state index contributed by atoms with van der Waals surface area (Å²) < 4.78 is 9.90. The molecule has 0 saturated heterocycles. The van der Waals surface area contributed by atoms with Crippen LogP contribution in [-0.2, 0) is 14.3 Å². The van der Waals surface area contributed by atoms with Crippen LogP contribution in [0.2, 0.25) is 0 Å². The zero-order valence-electron chi connectivity index (χ0n) is 9.00. The molecular formula is C10H20O3. The molecule has 3 heteroatoms. The van der Waals surface area contributed by atoms with E-state index in [1.807, 2.05) is 6.92 Å². The molecule has 0 bridgehead atoms. The van der Waals surface area contributed by atoms with Crippen LogP contribution in [0.1, 0.15) is 33.6 Å². The number of carbonyl (C=O) groups is 1. The number of rotatable bonds is 6. The summed E-state index contributed by atoms with van der Waals surface area (Å²) in [6, 6.07) is 0. The summed E-state index contributed by atoms with van der Waals surface area (Å²) in [5.74, 6) is 0.329. The van der Waals surface area contributed by atoms with Crippen molar-refractivity contribution in [2.24, 2.45) is 5.92 Å². The number of esters is 1. The lowest BCUT2D eigenvalue weighted by Gasteiger charge is -2.15. The van der Waals surface area contributed by atoms with E-state index in [-0.39, 0.29) is 12.1 Å². The molecule has 1 atom stereocenters. The van der Waals surface area contributed by atoms with Crippen LogP contribution in [0.5, 0.6) is 0 Å². The van der Waals surface area contributed by atoms with Crippen LogP contribution >= 0.6 is 0 Å². The number of methoxy groups -OCH3 is 1. The Labute approximate surface area is 80.4 Å². The molecule has 0 saturated carbocycles. The van der Waals surface area contributed by atoms with Gasteiger partial charge in [0.05, 0.1) is 7.11 Å².